The number of benzene rings is 2. The fraction of sp³-hybridized carbons (Fsp3) is 0.0909. The van der Waals surface area contributed by atoms with Crippen LogP contribution in [0, 0.1) is 0 Å². The van der Waals surface area contributed by atoms with E-state index in [1.54, 1.807) is 61.1 Å². The first kappa shape index (κ1) is 18.1. The zero-order chi connectivity index (χ0) is 19.5. The summed E-state index contributed by atoms with van der Waals surface area (Å²) in [5, 5.41) is 0.457. The van der Waals surface area contributed by atoms with Crippen molar-refractivity contribution >= 4 is 35.3 Å². The van der Waals surface area contributed by atoms with Crippen LogP contribution in [0.3, 0.4) is 0 Å². The Balaban J connectivity index is 1.71. The lowest BCUT2D eigenvalue weighted by Crippen LogP contribution is -2.45. The number of amides is 2. The van der Waals surface area contributed by atoms with Gasteiger partial charge in [0.15, 0.2) is 0 Å². The molecule has 2 aromatic carbocycles. The van der Waals surface area contributed by atoms with Crippen LogP contribution in [0.5, 0.6) is 0 Å². The third kappa shape index (κ3) is 3.44. The Morgan fingerprint density at radius 3 is 2.71 bits per heavy atom. The van der Waals surface area contributed by atoms with E-state index < -0.39 is 5.92 Å². The molecular weight excluding hydrogens is 374 g/mol. The highest BCUT2D eigenvalue weighted by Crippen LogP contribution is 2.32. The summed E-state index contributed by atoms with van der Waals surface area (Å²) in [4.78, 5) is 35.9. The predicted octanol–water partition coefficient (Wildman–Crippen LogP) is 4.28. The van der Waals surface area contributed by atoms with Crippen LogP contribution in [-0.4, -0.2) is 23.0 Å². The molecule has 0 N–H and O–H groups in total. The van der Waals surface area contributed by atoms with Crippen molar-refractivity contribution in [2.45, 2.75) is 12.5 Å². The third-order valence-electron chi connectivity index (χ3n) is 4.53. The number of carbonyl (C=O) groups is 2. The highest BCUT2D eigenvalue weighted by Gasteiger charge is 2.38. The molecule has 0 unspecified atom stereocenters. The zero-order valence-electron chi connectivity index (χ0n) is 14.8. The lowest BCUT2D eigenvalue weighted by atomic mass is 9.89. The van der Waals surface area contributed by atoms with E-state index in [0.29, 0.717) is 28.4 Å². The second-order valence-electron chi connectivity index (χ2n) is 6.37. The summed E-state index contributed by atoms with van der Waals surface area (Å²) in [5.74, 6) is -1.36. The number of aromatic nitrogens is 1. The molecular formula is C22H16ClN3O2. The fourth-order valence-electron chi connectivity index (χ4n) is 3.21. The topological polar surface area (TPSA) is 62.6 Å². The van der Waals surface area contributed by atoms with Gasteiger partial charge in [-0.25, -0.2) is 4.90 Å². The smallest absolute Gasteiger partial charge is 0.265 e. The summed E-state index contributed by atoms with van der Waals surface area (Å²) >= 11 is 6.07. The number of imide groups is 1. The van der Waals surface area contributed by atoms with Crippen LogP contribution in [0.25, 0.3) is 0 Å². The average molecular weight is 390 g/mol. The summed E-state index contributed by atoms with van der Waals surface area (Å²) in [5.41, 5.74) is 2.53. The number of hydrogen-bond acceptors (Lipinski definition) is 4. The molecule has 4 rings (SSSR count). The molecule has 0 radical (unpaired) electrons. The van der Waals surface area contributed by atoms with Gasteiger partial charge >= 0.3 is 0 Å². The lowest BCUT2D eigenvalue weighted by Gasteiger charge is -2.31. The third-order valence-corrected chi connectivity index (χ3v) is 4.77. The van der Waals surface area contributed by atoms with Crippen LogP contribution in [0.2, 0.25) is 5.02 Å². The van der Waals surface area contributed by atoms with Gasteiger partial charge in [-0.15, -0.1) is 0 Å². The van der Waals surface area contributed by atoms with Gasteiger partial charge in [0.05, 0.1) is 18.2 Å². The molecule has 0 spiro atoms. The number of halogens is 1. The van der Waals surface area contributed by atoms with Crippen LogP contribution in [0.4, 0.5) is 5.69 Å². The number of nitrogens with zero attached hydrogens (tertiary/aromatic N) is 3. The van der Waals surface area contributed by atoms with Crippen molar-refractivity contribution < 1.29 is 9.59 Å². The number of fused-ring (bicyclic) bond motifs is 1. The van der Waals surface area contributed by atoms with Crippen molar-refractivity contribution in [1.29, 1.82) is 0 Å². The summed E-state index contributed by atoms with van der Waals surface area (Å²) in [6.07, 6.45) is 5.04. The molecule has 28 heavy (non-hydrogen) atoms. The maximum Gasteiger partial charge on any atom is 0.265 e. The maximum absolute atomic E-state index is 13.2. The Bertz CT molecular complexity index is 1070. The monoisotopic (exact) mass is 389 g/mol. The standard InChI is InChI=1S/C22H16ClN3O2/c23-16-6-3-7-17(11-16)26-21(27)19-9-2-1-8-18(19)20(22(26)28)14-25-13-15-5-4-10-24-12-15/h1-12,14,20H,13H2/t20-/m0/s1. The normalized spacial score (nSPS) is 16.5. The van der Waals surface area contributed by atoms with E-state index in [4.69, 9.17) is 11.6 Å². The van der Waals surface area contributed by atoms with Crippen molar-refractivity contribution in [3.8, 4) is 0 Å². The number of anilines is 1. The molecule has 3 aromatic rings. The van der Waals surface area contributed by atoms with Crippen molar-refractivity contribution in [2.75, 3.05) is 4.90 Å². The van der Waals surface area contributed by atoms with E-state index in [2.05, 4.69) is 9.98 Å². The quantitative estimate of drug-likeness (QED) is 0.494. The molecule has 0 saturated heterocycles. The maximum atomic E-state index is 13.2. The van der Waals surface area contributed by atoms with Gasteiger partial charge in [-0.2, -0.15) is 0 Å². The highest BCUT2D eigenvalue weighted by atomic mass is 35.5. The van der Waals surface area contributed by atoms with Gasteiger partial charge in [-0.05, 0) is 41.5 Å². The fourth-order valence-corrected chi connectivity index (χ4v) is 3.40. The van der Waals surface area contributed by atoms with Crippen LogP contribution in [0.1, 0.15) is 27.4 Å². The molecule has 1 aliphatic rings. The number of rotatable bonds is 4. The zero-order valence-corrected chi connectivity index (χ0v) is 15.6. The van der Waals surface area contributed by atoms with E-state index in [1.165, 1.54) is 4.90 Å². The van der Waals surface area contributed by atoms with Gasteiger partial charge < -0.3 is 0 Å². The molecule has 1 aromatic heterocycles. The van der Waals surface area contributed by atoms with Crippen LogP contribution in [0.15, 0.2) is 78.0 Å². The van der Waals surface area contributed by atoms with E-state index >= 15 is 0 Å². The second kappa shape index (κ2) is 7.74. The predicted molar refractivity (Wildman–Crippen MR) is 109 cm³/mol. The van der Waals surface area contributed by atoms with Crippen LogP contribution >= 0.6 is 11.6 Å². The second-order valence-corrected chi connectivity index (χ2v) is 6.81. The molecule has 2 heterocycles. The van der Waals surface area contributed by atoms with Crippen molar-refractivity contribution in [3.63, 3.8) is 0 Å². The Hall–Kier alpha value is -3.31. The number of pyridine rings is 1. The molecule has 2 amide bonds. The van der Waals surface area contributed by atoms with Gasteiger partial charge in [-0.3, -0.25) is 19.6 Å². The van der Waals surface area contributed by atoms with Crippen LogP contribution in [-0.2, 0) is 11.3 Å². The largest absolute Gasteiger partial charge is 0.292 e. The lowest BCUT2D eigenvalue weighted by molar-refractivity contribution is -0.118. The molecule has 0 bridgehead atoms. The minimum Gasteiger partial charge on any atom is -0.292 e. The number of aliphatic imine (C=N–C) groups is 1. The van der Waals surface area contributed by atoms with Gasteiger partial charge in [0.1, 0.15) is 0 Å². The van der Waals surface area contributed by atoms with Crippen molar-refractivity contribution in [3.05, 3.63) is 94.8 Å². The van der Waals surface area contributed by atoms with E-state index in [-0.39, 0.29) is 11.8 Å². The van der Waals surface area contributed by atoms with Crippen molar-refractivity contribution in [2.24, 2.45) is 4.99 Å². The van der Waals surface area contributed by atoms with E-state index in [0.717, 1.165) is 5.56 Å². The summed E-state index contributed by atoms with van der Waals surface area (Å²) in [6.45, 7) is 0.408. The SMILES string of the molecule is O=C1c2ccccc2[C@H](C=NCc2cccnc2)C(=O)N1c1cccc(Cl)c1. The Morgan fingerprint density at radius 1 is 1.07 bits per heavy atom. The molecule has 5 nitrogen and oxygen atoms in total. The van der Waals surface area contributed by atoms with Gasteiger partial charge in [0.2, 0.25) is 5.91 Å². The van der Waals surface area contributed by atoms with E-state index in [9.17, 15) is 9.59 Å². The van der Waals surface area contributed by atoms with Gasteiger partial charge in [0, 0.05) is 29.2 Å². The summed E-state index contributed by atoms with van der Waals surface area (Å²) in [7, 11) is 0. The average Bonchev–Trinajstić information content (AvgIpc) is 2.71. The Labute approximate surface area is 167 Å². The number of hydrogen-bond donors (Lipinski definition) is 0. The summed E-state index contributed by atoms with van der Waals surface area (Å²) in [6, 6.07) is 17.6. The summed E-state index contributed by atoms with van der Waals surface area (Å²) < 4.78 is 0. The van der Waals surface area contributed by atoms with E-state index in [1.807, 2.05) is 18.2 Å². The number of carbonyl (C=O) groups excluding carboxylic acids is 2. The minimum absolute atomic E-state index is 0.346. The first-order valence-electron chi connectivity index (χ1n) is 8.77. The molecule has 1 aliphatic heterocycles. The Morgan fingerprint density at radius 2 is 1.93 bits per heavy atom. The molecule has 0 fully saturated rings. The molecule has 6 heteroatoms. The molecule has 1 atom stereocenters. The van der Waals surface area contributed by atoms with Crippen molar-refractivity contribution in [1.82, 2.24) is 4.98 Å². The minimum atomic E-state index is -0.649. The molecule has 138 valence electrons. The van der Waals surface area contributed by atoms with Gasteiger partial charge in [-0.1, -0.05) is 41.9 Å². The Kier molecular flexibility index (Phi) is 5.00. The first-order valence-corrected chi connectivity index (χ1v) is 9.14. The van der Waals surface area contributed by atoms with Crippen LogP contribution < -0.4 is 4.90 Å². The van der Waals surface area contributed by atoms with Gasteiger partial charge in [0.25, 0.3) is 5.91 Å². The molecule has 0 aliphatic carbocycles. The first-order chi connectivity index (χ1) is 13.6. The molecule has 0 saturated carbocycles. The highest BCUT2D eigenvalue weighted by molar-refractivity contribution is 6.32.